The molecule has 0 saturated carbocycles. The van der Waals surface area contributed by atoms with Gasteiger partial charge in [0.1, 0.15) is 5.15 Å². The standard InChI is InChI=1S/C15H14BrClN2/c1-9-2-3-10-4-5-14(12(10)6-9)19-11-7-13(16)15(17)18-8-11/h2-3,6-8,14,19H,4-5H2,1H3. The fraction of sp³-hybridized carbons (Fsp3) is 0.267. The van der Waals surface area contributed by atoms with Gasteiger partial charge in [-0.15, -0.1) is 0 Å². The molecule has 1 aromatic heterocycles. The summed E-state index contributed by atoms with van der Waals surface area (Å²) in [5.41, 5.74) is 5.16. The van der Waals surface area contributed by atoms with Gasteiger partial charge in [0.05, 0.1) is 22.4 Å². The summed E-state index contributed by atoms with van der Waals surface area (Å²) in [4.78, 5) is 4.15. The fourth-order valence-electron chi connectivity index (χ4n) is 2.57. The Labute approximate surface area is 126 Å². The monoisotopic (exact) mass is 336 g/mol. The second kappa shape index (κ2) is 5.14. The summed E-state index contributed by atoms with van der Waals surface area (Å²) >= 11 is 9.32. The van der Waals surface area contributed by atoms with E-state index >= 15 is 0 Å². The van der Waals surface area contributed by atoms with Crippen molar-refractivity contribution >= 4 is 33.2 Å². The van der Waals surface area contributed by atoms with Crippen LogP contribution in [-0.4, -0.2) is 4.98 Å². The molecule has 2 nitrogen and oxygen atoms in total. The number of fused-ring (bicyclic) bond motifs is 1. The molecule has 1 aliphatic carbocycles. The largest absolute Gasteiger partial charge is 0.377 e. The van der Waals surface area contributed by atoms with Crippen molar-refractivity contribution in [3.05, 3.63) is 56.8 Å². The van der Waals surface area contributed by atoms with Crippen LogP contribution in [-0.2, 0) is 6.42 Å². The van der Waals surface area contributed by atoms with E-state index in [0.717, 1.165) is 23.0 Å². The van der Waals surface area contributed by atoms with E-state index in [1.807, 2.05) is 6.07 Å². The first-order valence-electron chi connectivity index (χ1n) is 6.30. The normalized spacial score (nSPS) is 17.3. The van der Waals surface area contributed by atoms with Crippen molar-refractivity contribution in [2.45, 2.75) is 25.8 Å². The zero-order chi connectivity index (χ0) is 13.4. The van der Waals surface area contributed by atoms with Gasteiger partial charge in [-0.1, -0.05) is 35.4 Å². The Morgan fingerprint density at radius 3 is 3.00 bits per heavy atom. The van der Waals surface area contributed by atoms with E-state index in [0.29, 0.717) is 11.2 Å². The minimum atomic E-state index is 0.366. The second-order valence-corrected chi connectivity index (χ2v) is 6.15. The van der Waals surface area contributed by atoms with Crippen LogP contribution in [0.1, 0.15) is 29.2 Å². The minimum absolute atomic E-state index is 0.366. The van der Waals surface area contributed by atoms with E-state index in [9.17, 15) is 0 Å². The highest BCUT2D eigenvalue weighted by Crippen LogP contribution is 2.35. The fourth-order valence-corrected chi connectivity index (χ4v) is 3.03. The molecule has 2 aromatic rings. The molecular weight excluding hydrogens is 324 g/mol. The SMILES string of the molecule is Cc1ccc2c(c1)C(Nc1cnc(Cl)c(Br)c1)CC2. The second-order valence-electron chi connectivity index (χ2n) is 4.93. The molecule has 0 fully saturated rings. The van der Waals surface area contributed by atoms with Crippen LogP contribution in [0, 0.1) is 6.92 Å². The molecule has 1 aliphatic rings. The van der Waals surface area contributed by atoms with E-state index in [-0.39, 0.29) is 0 Å². The highest BCUT2D eigenvalue weighted by molar-refractivity contribution is 9.10. The van der Waals surface area contributed by atoms with Gasteiger partial charge >= 0.3 is 0 Å². The molecule has 3 rings (SSSR count). The van der Waals surface area contributed by atoms with Crippen LogP contribution in [0.5, 0.6) is 0 Å². The van der Waals surface area contributed by atoms with E-state index in [1.54, 1.807) is 6.20 Å². The number of halogens is 2. The topological polar surface area (TPSA) is 24.9 Å². The maximum absolute atomic E-state index is 5.91. The van der Waals surface area contributed by atoms with Gasteiger partial charge < -0.3 is 5.32 Å². The lowest BCUT2D eigenvalue weighted by Crippen LogP contribution is -2.07. The highest BCUT2D eigenvalue weighted by Gasteiger charge is 2.22. The van der Waals surface area contributed by atoms with Gasteiger partial charge in [0.15, 0.2) is 0 Å². The van der Waals surface area contributed by atoms with Gasteiger partial charge in [-0.05, 0) is 52.9 Å². The number of aromatic nitrogens is 1. The first-order chi connectivity index (χ1) is 9.13. The number of benzene rings is 1. The number of nitrogens with one attached hydrogen (secondary N) is 1. The smallest absolute Gasteiger partial charge is 0.143 e. The lowest BCUT2D eigenvalue weighted by molar-refractivity contribution is 0.761. The molecule has 19 heavy (non-hydrogen) atoms. The van der Waals surface area contributed by atoms with Crippen LogP contribution in [0.2, 0.25) is 5.15 Å². The predicted molar refractivity (Wildman–Crippen MR) is 82.8 cm³/mol. The van der Waals surface area contributed by atoms with Gasteiger partial charge in [-0.2, -0.15) is 0 Å². The Bertz CT molecular complexity index is 628. The predicted octanol–water partition coefficient (Wildman–Crippen LogP) is 4.91. The van der Waals surface area contributed by atoms with Crippen molar-refractivity contribution in [2.75, 3.05) is 5.32 Å². The zero-order valence-electron chi connectivity index (χ0n) is 10.6. The molecule has 0 spiro atoms. The Morgan fingerprint density at radius 1 is 1.37 bits per heavy atom. The van der Waals surface area contributed by atoms with E-state index in [1.165, 1.54) is 16.7 Å². The molecular formula is C15H14BrClN2. The van der Waals surface area contributed by atoms with E-state index in [2.05, 4.69) is 51.4 Å². The maximum atomic E-state index is 5.91. The molecule has 1 unspecified atom stereocenters. The average Bonchev–Trinajstić information content (AvgIpc) is 2.77. The molecule has 0 amide bonds. The summed E-state index contributed by atoms with van der Waals surface area (Å²) in [6.07, 6.45) is 4.04. The number of anilines is 1. The van der Waals surface area contributed by atoms with Gasteiger partial charge in [0.25, 0.3) is 0 Å². The van der Waals surface area contributed by atoms with Gasteiger partial charge in [-0.3, -0.25) is 0 Å². The lowest BCUT2D eigenvalue weighted by atomic mass is 10.0. The lowest BCUT2D eigenvalue weighted by Gasteiger charge is -2.16. The van der Waals surface area contributed by atoms with Crippen molar-refractivity contribution in [2.24, 2.45) is 0 Å². The van der Waals surface area contributed by atoms with Gasteiger partial charge in [-0.25, -0.2) is 4.98 Å². The average molecular weight is 338 g/mol. The Hall–Kier alpha value is -1.06. The summed E-state index contributed by atoms with van der Waals surface area (Å²) in [5.74, 6) is 0. The van der Waals surface area contributed by atoms with Crippen molar-refractivity contribution in [1.82, 2.24) is 4.98 Å². The number of hydrogen-bond acceptors (Lipinski definition) is 2. The summed E-state index contributed by atoms with van der Waals surface area (Å²) in [6.45, 7) is 2.14. The zero-order valence-corrected chi connectivity index (χ0v) is 12.9. The number of pyridine rings is 1. The van der Waals surface area contributed by atoms with Crippen LogP contribution in [0.4, 0.5) is 5.69 Å². The molecule has 0 bridgehead atoms. The Morgan fingerprint density at radius 2 is 2.21 bits per heavy atom. The number of rotatable bonds is 2. The number of hydrogen-bond donors (Lipinski definition) is 1. The molecule has 0 radical (unpaired) electrons. The van der Waals surface area contributed by atoms with E-state index < -0.39 is 0 Å². The summed E-state index contributed by atoms with van der Waals surface area (Å²) in [6, 6.07) is 9.04. The van der Waals surface area contributed by atoms with Crippen LogP contribution in [0.15, 0.2) is 34.9 Å². The molecule has 0 aliphatic heterocycles. The molecule has 1 N–H and O–H groups in total. The number of aryl methyl sites for hydroxylation is 2. The summed E-state index contributed by atoms with van der Waals surface area (Å²) in [7, 11) is 0. The Kier molecular flexibility index (Phi) is 3.50. The third-order valence-electron chi connectivity index (χ3n) is 3.52. The first kappa shape index (κ1) is 12.9. The van der Waals surface area contributed by atoms with Crippen LogP contribution in [0.3, 0.4) is 0 Å². The summed E-state index contributed by atoms with van der Waals surface area (Å²) in [5, 5.41) is 4.03. The highest BCUT2D eigenvalue weighted by atomic mass is 79.9. The van der Waals surface area contributed by atoms with Gasteiger partial charge in [0.2, 0.25) is 0 Å². The van der Waals surface area contributed by atoms with Crippen molar-refractivity contribution in [3.63, 3.8) is 0 Å². The van der Waals surface area contributed by atoms with Crippen LogP contribution in [0.25, 0.3) is 0 Å². The minimum Gasteiger partial charge on any atom is -0.377 e. The third kappa shape index (κ3) is 2.63. The van der Waals surface area contributed by atoms with Crippen LogP contribution < -0.4 is 5.32 Å². The maximum Gasteiger partial charge on any atom is 0.143 e. The van der Waals surface area contributed by atoms with Crippen LogP contribution >= 0.6 is 27.5 Å². The van der Waals surface area contributed by atoms with Crippen molar-refractivity contribution < 1.29 is 0 Å². The molecule has 1 aromatic carbocycles. The summed E-state index contributed by atoms with van der Waals surface area (Å²) < 4.78 is 0.821. The van der Waals surface area contributed by atoms with Crippen molar-refractivity contribution in [3.8, 4) is 0 Å². The molecule has 1 atom stereocenters. The Balaban J connectivity index is 1.86. The quantitative estimate of drug-likeness (QED) is 0.788. The first-order valence-corrected chi connectivity index (χ1v) is 7.47. The molecule has 1 heterocycles. The van der Waals surface area contributed by atoms with Gasteiger partial charge in [0, 0.05) is 0 Å². The van der Waals surface area contributed by atoms with E-state index in [4.69, 9.17) is 11.6 Å². The molecule has 4 heteroatoms. The molecule has 98 valence electrons. The number of nitrogens with zero attached hydrogens (tertiary/aromatic N) is 1. The van der Waals surface area contributed by atoms with Crippen molar-refractivity contribution in [1.29, 1.82) is 0 Å². The molecule has 0 saturated heterocycles. The third-order valence-corrected chi connectivity index (χ3v) is 4.65.